The molecule has 1 amide bonds. The van der Waals surface area contributed by atoms with Crippen LogP contribution in [0.2, 0.25) is 0 Å². The van der Waals surface area contributed by atoms with Gasteiger partial charge in [-0.3, -0.25) is 9.69 Å². The summed E-state index contributed by atoms with van der Waals surface area (Å²) in [5.41, 5.74) is 7.34. The van der Waals surface area contributed by atoms with Gasteiger partial charge in [-0.2, -0.15) is 0 Å². The molecule has 2 aliphatic heterocycles. The second-order valence-electron chi connectivity index (χ2n) is 8.40. The number of nitrogens with two attached hydrogens (primary N) is 1. The first-order chi connectivity index (χ1) is 16.0. The Morgan fingerprint density at radius 2 is 2.03 bits per heavy atom. The van der Waals surface area contributed by atoms with E-state index in [1.165, 1.54) is 4.90 Å². The third kappa shape index (κ3) is 3.66. The summed E-state index contributed by atoms with van der Waals surface area (Å²) in [7, 11) is 1.65. The van der Waals surface area contributed by atoms with E-state index in [0.717, 1.165) is 23.5 Å². The molecule has 1 spiro atoms. The number of carbonyl (C=O) groups is 1. The number of guanidine groups is 1. The van der Waals surface area contributed by atoms with Crippen LogP contribution in [0.4, 0.5) is 0 Å². The molecular formula is C25H27N5O3. The van der Waals surface area contributed by atoms with Crippen molar-refractivity contribution in [3.63, 3.8) is 0 Å². The van der Waals surface area contributed by atoms with Crippen LogP contribution < -0.4 is 10.5 Å². The molecule has 170 valence electrons. The minimum atomic E-state index is -1.12. The Balaban J connectivity index is 1.56. The number of hydrogen-bond acceptors (Lipinski definition) is 6. The number of rotatable bonds is 6. The lowest BCUT2D eigenvalue weighted by molar-refractivity contribution is -0.132. The number of hydrogen-bond donors (Lipinski definition) is 1. The van der Waals surface area contributed by atoms with Crippen molar-refractivity contribution in [1.82, 2.24) is 14.5 Å². The number of carbonyl (C=O) groups excluding carboxylic acids is 1. The number of ether oxygens (including phenoxy) is 2. The van der Waals surface area contributed by atoms with Gasteiger partial charge in [0.25, 0.3) is 5.91 Å². The number of fused-ring (bicyclic) bond motifs is 2. The van der Waals surface area contributed by atoms with Crippen LogP contribution in [0, 0.1) is 0 Å². The fraction of sp³-hybridized carbons (Fsp3) is 0.320. The van der Waals surface area contributed by atoms with E-state index < -0.39 is 5.54 Å². The molecule has 2 N–H and O–H groups in total. The standard InChI is InChI=1S/C25H27N5O3/c1-3-13-32-16-18-15-25(23(31)29(2)24(26)28-25)19-14-17(9-10-21(19)33-18)20-7-6-8-22(27-20)30-11-4-5-12-30/h4-12,14,18H,3,13,15-16H2,1-2H3,(H2,26,28)/t18-,25-/m0/s1. The summed E-state index contributed by atoms with van der Waals surface area (Å²) >= 11 is 0. The van der Waals surface area contributed by atoms with Crippen molar-refractivity contribution >= 4 is 11.9 Å². The zero-order valence-electron chi connectivity index (χ0n) is 18.8. The molecule has 2 aliphatic rings. The summed E-state index contributed by atoms with van der Waals surface area (Å²) < 4.78 is 13.9. The molecule has 4 heterocycles. The molecule has 8 heteroatoms. The van der Waals surface area contributed by atoms with Crippen LogP contribution in [0.5, 0.6) is 5.75 Å². The molecule has 8 nitrogen and oxygen atoms in total. The van der Waals surface area contributed by atoms with Gasteiger partial charge in [0.05, 0.1) is 12.3 Å². The predicted octanol–water partition coefficient (Wildman–Crippen LogP) is 3.10. The van der Waals surface area contributed by atoms with Crippen molar-refractivity contribution in [1.29, 1.82) is 0 Å². The number of pyridine rings is 1. The first-order valence-electron chi connectivity index (χ1n) is 11.1. The lowest BCUT2D eigenvalue weighted by Crippen LogP contribution is -2.46. The van der Waals surface area contributed by atoms with Gasteiger partial charge in [0, 0.05) is 43.6 Å². The van der Waals surface area contributed by atoms with Gasteiger partial charge in [-0.25, -0.2) is 9.98 Å². The first-order valence-corrected chi connectivity index (χ1v) is 11.1. The summed E-state index contributed by atoms with van der Waals surface area (Å²) in [6, 6.07) is 15.6. The molecule has 2 atom stereocenters. The summed E-state index contributed by atoms with van der Waals surface area (Å²) in [5.74, 6) is 1.49. The van der Waals surface area contributed by atoms with E-state index in [4.69, 9.17) is 20.2 Å². The van der Waals surface area contributed by atoms with Gasteiger partial charge in [-0.15, -0.1) is 0 Å². The van der Waals surface area contributed by atoms with Gasteiger partial charge in [0.15, 0.2) is 11.5 Å². The van der Waals surface area contributed by atoms with Crippen LogP contribution in [0.1, 0.15) is 25.3 Å². The second kappa shape index (κ2) is 8.37. The van der Waals surface area contributed by atoms with Gasteiger partial charge in [-0.05, 0) is 48.9 Å². The predicted molar refractivity (Wildman–Crippen MR) is 125 cm³/mol. The van der Waals surface area contributed by atoms with Crippen LogP contribution in [0.25, 0.3) is 17.1 Å². The van der Waals surface area contributed by atoms with E-state index in [9.17, 15) is 4.79 Å². The quantitative estimate of drug-likeness (QED) is 0.589. The van der Waals surface area contributed by atoms with Crippen molar-refractivity contribution < 1.29 is 14.3 Å². The minimum absolute atomic E-state index is 0.156. The lowest BCUT2D eigenvalue weighted by Gasteiger charge is -2.36. The molecule has 0 unspecified atom stereocenters. The van der Waals surface area contributed by atoms with Crippen LogP contribution in [0.3, 0.4) is 0 Å². The monoisotopic (exact) mass is 445 g/mol. The summed E-state index contributed by atoms with van der Waals surface area (Å²) in [6.07, 6.45) is 4.89. The molecule has 0 saturated heterocycles. The average Bonchev–Trinajstić information content (AvgIpc) is 3.44. The van der Waals surface area contributed by atoms with Crippen molar-refractivity contribution in [3.05, 3.63) is 66.5 Å². The fourth-order valence-electron chi connectivity index (χ4n) is 4.45. The molecule has 3 aromatic rings. The first kappa shape index (κ1) is 21.2. The van der Waals surface area contributed by atoms with E-state index in [0.29, 0.717) is 30.9 Å². The largest absolute Gasteiger partial charge is 0.488 e. The number of aromatic nitrogens is 2. The molecule has 2 aromatic heterocycles. The number of nitrogens with zero attached hydrogens (tertiary/aromatic N) is 4. The maximum Gasteiger partial charge on any atom is 0.261 e. The number of aliphatic imine (C=N–C) groups is 1. The van der Waals surface area contributed by atoms with Crippen LogP contribution in [0.15, 0.2) is 65.9 Å². The Kier molecular flexibility index (Phi) is 5.38. The second-order valence-corrected chi connectivity index (χ2v) is 8.40. The molecule has 5 rings (SSSR count). The number of amides is 1. The highest BCUT2D eigenvalue weighted by Crippen LogP contribution is 2.47. The smallest absolute Gasteiger partial charge is 0.261 e. The number of benzene rings is 1. The zero-order chi connectivity index (χ0) is 23.0. The molecule has 0 radical (unpaired) electrons. The Morgan fingerprint density at radius 1 is 1.21 bits per heavy atom. The van der Waals surface area contributed by atoms with Crippen molar-refractivity contribution in [2.24, 2.45) is 10.7 Å². The van der Waals surface area contributed by atoms with Crippen LogP contribution >= 0.6 is 0 Å². The summed E-state index contributed by atoms with van der Waals surface area (Å²) in [4.78, 5) is 24.3. The Hall–Kier alpha value is -3.65. The van der Waals surface area contributed by atoms with E-state index in [1.54, 1.807) is 7.05 Å². The van der Waals surface area contributed by atoms with Gasteiger partial charge in [-0.1, -0.05) is 13.0 Å². The van der Waals surface area contributed by atoms with E-state index in [2.05, 4.69) is 11.9 Å². The molecule has 0 fully saturated rings. The lowest BCUT2D eigenvalue weighted by atomic mass is 9.81. The van der Waals surface area contributed by atoms with Crippen LogP contribution in [-0.4, -0.2) is 52.7 Å². The molecule has 0 bridgehead atoms. The average molecular weight is 446 g/mol. The highest BCUT2D eigenvalue weighted by molar-refractivity contribution is 6.07. The molecule has 1 aromatic carbocycles. The number of likely N-dealkylation sites (N-methyl/N-ethyl adjacent to an activating group) is 1. The SMILES string of the molecule is CCCOC[C@@H]1C[C@]2(N=C(N)N(C)C2=O)c2cc(-c3cccc(-n4cccc4)n3)ccc2O1. The van der Waals surface area contributed by atoms with E-state index in [-0.39, 0.29) is 18.0 Å². The highest BCUT2D eigenvalue weighted by atomic mass is 16.5. The van der Waals surface area contributed by atoms with Gasteiger partial charge >= 0.3 is 0 Å². The Labute approximate surface area is 192 Å². The zero-order valence-corrected chi connectivity index (χ0v) is 18.8. The maximum absolute atomic E-state index is 13.4. The summed E-state index contributed by atoms with van der Waals surface area (Å²) in [5, 5.41) is 0. The van der Waals surface area contributed by atoms with Crippen molar-refractivity contribution in [2.75, 3.05) is 20.3 Å². The van der Waals surface area contributed by atoms with E-state index in [1.807, 2.05) is 65.5 Å². The molecule has 0 aliphatic carbocycles. The molecular weight excluding hydrogens is 418 g/mol. The maximum atomic E-state index is 13.4. The van der Waals surface area contributed by atoms with Gasteiger partial charge in [0.1, 0.15) is 17.7 Å². The minimum Gasteiger partial charge on any atom is -0.488 e. The van der Waals surface area contributed by atoms with Gasteiger partial charge < -0.3 is 19.8 Å². The third-order valence-corrected chi connectivity index (χ3v) is 6.10. The van der Waals surface area contributed by atoms with Gasteiger partial charge in [0.2, 0.25) is 0 Å². The fourth-order valence-corrected chi connectivity index (χ4v) is 4.45. The summed E-state index contributed by atoms with van der Waals surface area (Å²) in [6.45, 7) is 3.09. The van der Waals surface area contributed by atoms with Crippen molar-refractivity contribution in [2.45, 2.75) is 31.4 Å². The Bertz CT molecular complexity index is 1210. The molecule has 33 heavy (non-hydrogen) atoms. The Morgan fingerprint density at radius 3 is 2.76 bits per heavy atom. The third-order valence-electron chi connectivity index (χ3n) is 6.10. The topological polar surface area (TPSA) is 95.0 Å². The highest BCUT2D eigenvalue weighted by Gasteiger charge is 2.53. The van der Waals surface area contributed by atoms with E-state index >= 15 is 0 Å². The van der Waals surface area contributed by atoms with Crippen LogP contribution in [-0.2, 0) is 15.1 Å². The normalized spacial score (nSPS) is 21.8. The molecule has 0 saturated carbocycles. The van der Waals surface area contributed by atoms with Crippen molar-refractivity contribution in [3.8, 4) is 22.8 Å².